The van der Waals surface area contributed by atoms with Gasteiger partial charge >= 0.3 is 0 Å². The molecule has 0 saturated heterocycles. The number of aryl methyl sites for hydroxylation is 2. The van der Waals surface area contributed by atoms with Crippen LogP contribution < -0.4 is 10.1 Å². The molecule has 0 bridgehead atoms. The van der Waals surface area contributed by atoms with Crippen molar-refractivity contribution in [2.75, 3.05) is 6.61 Å². The molecule has 2 heterocycles. The Morgan fingerprint density at radius 3 is 2.60 bits per heavy atom. The normalized spacial score (nSPS) is 12.7. The van der Waals surface area contributed by atoms with E-state index in [1.807, 2.05) is 42.6 Å². The standard InChI is InChI=1S/C32H29FN4O3/c1-2-39-29-15-14-24(17-27(29)33)31-25(20-37(35-31)26-10-4-3-5-11-26)19-34-32(38)28-18-30(40-36-28)23-13-12-21-8-6-7-9-22(21)16-23/h3-5,10-18,20H,2,6-9,19H2,1H3,(H,34,38). The number of hydrogen-bond acceptors (Lipinski definition) is 5. The maximum absolute atomic E-state index is 14.7. The summed E-state index contributed by atoms with van der Waals surface area (Å²) in [5, 5.41) is 11.7. The van der Waals surface area contributed by atoms with Crippen LogP contribution in [-0.4, -0.2) is 27.5 Å². The summed E-state index contributed by atoms with van der Waals surface area (Å²) in [6.07, 6.45) is 6.40. The van der Waals surface area contributed by atoms with Gasteiger partial charge < -0.3 is 14.6 Å². The molecule has 0 radical (unpaired) electrons. The number of carbonyl (C=O) groups excluding carboxylic acids is 1. The number of halogens is 1. The van der Waals surface area contributed by atoms with E-state index in [0.29, 0.717) is 23.6 Å². The maximum atomic E-state index is 14.7. The Morgan fingerprint density at radius 2 is 1.80 bits per heavy atom. The van der Waals surface area contributed by atoms with E-state index in [0.717, 1.165) is 29.7 Å². The zero-order chi connectivity index (χ0) is 27.5. The minimum Gasteiger partial charge on any atom is -0.491 e. The number of nitrogens with one attached hydrogen (secondary N) is 1. The number of nitrogens with zero attached hydrogens (tertiary/aromatic N) is 3. The maximum Gasteiger partial charge on any atom is 0.273 e. The molecule has 2 aromatic heterocycles. The van der Waals surface area contributed by atoms with E-state index in [4.69, 9.17) is 14.4 Å². The summed E-state index contributed by atoms with van der Waals surface area (Å²) in [4.78, 5) is 13.1. The van der Waals surface area contributed by atoms with Crippen LogP contribution in [0.1, 0.15) is 46.9 Å². The number of para-hydroxylation sites is 1. The molecule has 8 heteroatoms. The minimum atomic E-state index is -0.471. The lowest BCUT2D eigenvalue weighted by molar-refractivity contribution is 0.0942. The van der Waals surface area contributed by atoms with Crippen LogP contribution in [0.3, 0.4) is 0 Å². The highest BCUT2D eigenvalue weighted by atomic mass is 19.1. The number of ether oxygens (including phenoxy) is 1. The molecule has 1 aliphatic carbocycles. The van der Waals surface area contributed by atoms with E-state index in [2.05, 4.69) is 22.6 Å². The van der Waals surface area contributed by atoms with E-state index in [1.54, 1.807) is 29.8 Å². The van der Waals surface area contributed by atoms with Gasteiger partial charge in [0.15, 0.2) is 23.0 Å². The van der Waals surface area contributed by atoms with Crippen molar-refractivity contribution in [3.8, 4) is 34.0 Å². The second-order valence-corrected chi connectivity index (χ2v) is 9.81. The number of hydrogen-bond donors (Lipinski definition) is 1. The lowest BCUT2D eigenvalue weighted by Gasteiger charge is -2.15. The molecular weight excluding hydrogens is 507 g/mol. The molecule has 0 unspecified atom stereocenters. The Labute approximate surface area is 231 Å². The zero-order valence-electron chi connectivity index (χ0n) is 22.2. The van der Waals surface area contributed by atoms with Crippen LogP contribution in [0.2, 0.25) is 0 Å². The fourth-order valence-electron chi connectivity index (χ4n) is 5.09. The Bertz CT molecular complexity index is 1660. The monoisotopic (exact) mass is 536 g/mol. The predicted molar refractivity (Wildman–Crippen MR) is 150 cm³/mol. The highest BCUT2D eigenvalue weighted by Gasteiger charge is 2.19. The first-order chi connectivity index (χ1) is 19.6. The van der Waals surface area contributed by atoms with Gasteiger partial charge in [-0.2, -0.15) is 5.10 Å². The molecule has 7 nitrogen and oxygen atoms in total. The van der Waals surface area contributed by atoms with Crippen LogP contribution >= 0.6 is 0 Å². The van der Waals surface area contributed by atoms with Crippen molar-refractivity contribution in [2.24, 2.45) is 0 Å². The Kier molecular flexibility index (Phi) is 7.14. The van der Waals surface area contributed by atoms with Gasteiger partial charge in [0.2, 0.25) is 0 Å². The number of carbonyl (C=O) groups is 1. The average Bonchev–Trinajstić information content (AvgIpc) is 3.66. The second-order valence-electron chi connectivity index (χ2n) is 9.81. The van der Waals surface area contributed by atoms with E-state index in [1.165, 1.54) is 30.0 Å². The molecule has 1 aliphatic rings. The molecule has 202 valence electrons. The number of aromatic nitrogens is 3. The Morgan fingerprint density at radius 1 is 1.00 bits per heavy atom. The lowest BCUT2D eigenvalue weighted by atomic mass is 9.90. The lowest BCUT2D eigenvalue weighted by Crippen LogP contribution is -2.23. The van der Waals surface area contributed by atoms with Crippen LogP contribution in [-0.2, 0) is 19.4 Å². The second kappa shape index (κ2) is 11.2. The van der Waals surface area contributed by atoms with Crippen LogP contribution in [0.15, 0.2) is 83.5 Å². The third-order valence-electron chi connectivity index (χ3n) is 7.13. The number of amides is 1. The van der Waals surface area contributed by atoms with Crippen molar-refractivity contribution >= 4 is 5.91 Å². The van der Waals surface area contributed by atoms with Crippen LogP contribution in [0.5, 0.6) is 5.75 Å². The van der Waals surface area contributed by atoms with Crippen LogP contribution in [0.25, 0.3) is 28.3 Å². The molecule has 40 heavy (non-hydrogen) atoms. The molecule has 6 rings (SSSR count). The highest BCUT2D eigenvalue weighted by Crippen LogP contribution is 2.30. The molecule has 0 spiro atoms. The third-order valence-corrected chi connectivity index (χ3v) is 7.13. The smallest absolute Gasteiger partial charge is 0.273 e. The molecule has 5 aromatic rings. The van der Waals surface area contributed by atoms with E-state index < -0.39 is 5.82 Å². The fourth-order valence-corrected chi connectivity index (χ4v) is 5.09. The Hall–Kier alpha value is -4.72. The average molecular weight is 537 g/mol. The van der Waals surface area contributed by atoms with Crippen LogP contribution in [0, 0.1) is 5.82 Å². The molecule has 0 aliphatic heterocycles. The summed E-state index contributed by atoms with van der Waals surface area (Å²) in [6.45, 7) is 2.34. The van der Waals surface area contributed by atoms with E-state index in [9.17, 15) is 9.18 Å². The summed E-state index contributed by atoms with van der Waals surface area (Å²) in [5.74, 6) is -0.101. The molecule has 0 saturated carbocycles. The van der Waals surface area contributed by atoms with E-state index in [-0.39, 0.29) is 23.9 Å². The Balaban J connectivity index is 1.24. The topological polar surface area (TPSA) is 82.2 Å². The number of fused-ring (bicyclic) bond motifs is 1. The van der Waals surface area contributed by atoms with Crippen molar-refractivity contribution in [2.45, 2.75) is 39.2 Å². The van der Waals surface area contributed by atoms with Crippen molar-refractivity contribution in [3.05, 3.63) is 107 Å². The molecular formula is C32H29FN4O3. The minimum absolute atomic E-state index is 0.164. The van der Waals surface area contributed by atoms with Gasteiger partial charge in [0, 0.05) is 35.5 Å². The molecule has 1 amide bonds. The highest BCUT2D eigenvalue weighted by molar-refractivity contribution is 5.93. The van der Waals surface area contributed by atoms with Gasteiger partial charge in [0.05, 0.1) is 18.0 Å². The third kappa shape index (κ3) is 5.25. The van der Waals surface area contributed by atoms with Crippen molar-refractivity contribution in [1.29, 1.82) is 0 Å². The predicted octanol–water partition coefficient (Wildman–Crippen LogP) is 6.54. The SMILES string of the molecule is CCOc1ccc(-c2nn(-c3ccccc3)cc2CNC(=O)c2cc(-c3ccc4c(c3)CCCC4)on2)cc1F. The van der Waals surface area contributed by atoms with Gasteiger partial charge in [-0.3, -0.25) is 4.79 Å². The van der Waals surface area contributed by atoms with Crippen LogP contribution in [0.4, 0.5) is 4.39 Å². The summed E-state index contributed by atoms with van der Waals surface area (Å²) >= 11 is 0. The van der Waals surface area contributed by atoms with Gasteiger partial charge in [0.25, 0.3) is 5.91 Å². The van der Waals surface area contributed by atoms with Gasteiger partial charge in [-0.25, -0.2) is 9.07 Å². The zero-order valence-corrected chi connectivity index (χ0v) is 22.2. The number of rotatable bonds is 8. The first kappa shape index (κ1) is 25.6. The van der Waals surface area contributed by atoms with Gasteiger partial charge in [-0.15, -0.1) is 0 Å². The molecule has 3 aromatic carbocycles. The largest absolute Gasteiger partial charge is 0.491 e. The first-order valence-corrected chi connectivity index (χ1v) is 13.5. The summed E-state index contributed by atoms with van der Waals surface area (Å²) in [6, 6.07) is 22.3. The first-order valence-electron chi connectivity index (χ1n) is 13.5. The summed E-state index contributed by atoms with van der Waals surface area (Å²) < 4.78 is 27.3. The van der Waals surface area contributed by atoms with Crippen molar-refractivity contribution in [3.63, 3.8) is 0 Å². The number of benzene rings is 3. The van der Waals surface area contributed by atoms with Crippen molar-refractivity contribution < 1.29 is 18.4 Å². The summed E-state index contributed by atoms with van der Waals surface area (Å²) in [5.41, 5.74) is 6.52. The molecule has 0 fully saturated rings. The van der Waals surface area contributed by atoms with Gasteiger partial charge in [0.1, 0.15) is 0 Å². The van der Waals surface area contributed by atoms with Gasteiger partial charge in [-0.1, -0.05) is 35.5 Å². The molecule has 1 N–H and O–H groups in total. The quantitative estimate of drug-likeness (QED) is 0.244. The van der Waals surface area contributed by atoms with Crippen molar-refractivity contribution in [1.82, 2.24) is 20.3 Å². The fraction of sp³-hybridized carbons (Fsp3) is 0.219. The van der Waals surface area contributed by atoms with Gasteiger partial charge in [-0.05, 0) is 80.1 Å². The molecule has 0 atom stereocenters. The summed E-state index contributed by atoms with van der Waals surface area (Å²) in [7, 11) is 0. The van der Waals surface area contributed by atoms with E-state index >= 15 is 0 Å².